The molecule has 19 heavy (non-hydrogen) atoms. The molecule has 0 unspecified atom stereocenters. The van der Waals surface area contributed by atoms with Crippen LogP contribution in [0.3, 0.4) is 0 Å². The van der Waals surface area contributed by atoms with Gasteiger partial charge >= 0.3 is 5.97 Å². The maximum absolute atomic E-state index is 13.4. The quantitative estimate of drug-likeness (QED) is 0.911. The number of carboxylic acid groups (broad SMARTS) is 1. The molecule has 1 aromatic rings. The lowest BCUT2D eigenvalue weighted by Crippen LogP contribution is -2.35. The number of halogens is 2. The van der Waals surface area contributed by atoms with Crippen LogP contribution in [-0.4, -0.2) is 35.1 Å². The Labute approximate surface area is 110 Å². The van der Waals surface area contributed by atoms with Gasteiger partial charge in [0.15, 0.2) is 0 Å². The molecule has 5 heteroatoms. The number of hydrogen-bond acceptors (Lipinski definition) is 2. The van der Waals surface area contributed by atoms with E-state index in [-0.39, 0.29) is 0 Å². The molecule has 0 amide bonds. The van der Waals surface area contributed by atoms with E-state index in [2.05, 4.69) is 0 Å². The Balaban J connectivity index is 1.98. The molecule has 0 aromatic heterocycles. The highest BCUT2D eigenvalue weighted by atomic mass is 19.1. The summed E-state index contributed by atoms with van der Waals surface area (Å²) in [6.45, 7) is 1.18. The maximum Gasteiger partial charge on any atom is 0.320 e. The van der Waals surface area contributed by atoms with Gasteiger partial charge in [0.05, 0.1) is 0 Å². The first-order valence-electron chi connectivity index (χ1n) is 6.16. The van der Waals surface area contributed by atoms with Crippen molar-refractivity contribution in [2.75, 3.05) is 13.1 Å². The number of likely N-dealkylation sites (tertiary alicyclic amines) is 1. The van der Waals surface area contributed by atoms with Crippen molar-refractivity contribution in [3.63, 3.8) is 0 Å². The van der Waals surface area contributed by atoms with Crippen molar-refractivity contribution >= 4 is 12.0 Å². The minimum Gasteiger partial charge on any atom is -0.480 e. The van der Waals surface area contributed by atoms with Crippen molar-refractivity contribution in [2.24, 2.45) is 0 Å². The summed E-state index contributed by atoms with van der Waals surface area (Å²) >= 11 is 0. The molecule has 0 aliphatic carbocycles. The molecule has 1 aromatic carbocycles. The van der Waals surface area contributed by atoms with E-state index in [1.54, 1.807) is 12.2 Å². The highest BCUT2D eigenvalue weighted by molar-refractivity contribution is 5.73. The van der Waals surface area contributed by atoms with Gasteiger partial charge in [0.1, 0.15) is 17.7 Å². The predicted molar refractivity (Wildman–Crippen MR) is 67.6 cm³/mol. The minimum absolute atomic E-state index is 0.299. The number of nitrogens with zero attached hydrogens (tertiary/aromatic N) is 1. The second-order valence-corrected chi connectivity index (χ2v) is 4.56. The third kappa shape index (κ3) is 3.38. The van der Waals surface area contributed by atoms with E-state index in [9.17, 15) is 13.6 Å². The van der Waals surface area contributed by atoms with Crippen LogP contribution in [0.1, 0.15) is 18.4 Å². The lowest BCUT2D eigenvalue weighted by molar-refractivity contribution is -0.141. The predicted octanol–water partition coefficient (Wildman–Crippen LogP) is 2.53. The molecule has 0 bridgehead atoms. The van der Waals surface area contributed by atoms with Gasteiger partial charge in [-0.3, -0.25) is 9.69 Å². The summed E-state index contributed by atoms with van der Waals surface area (Å²) in [7, 11) is 0. The average Bonchev–Trinajstić information content (AvgIpc) is 2.80. The molecule has 1 fully saturated rings. The Hall–Kier alpha value is -1.75. The summed E-state index contributed by atoms with van der Waals surface area (Å²) in [5.74, 6) is -2.05. The Bertz CT molecular complexity index is 502. The fraction of sp³-hybridized carbons (Fsp3) is 0.357. The third-order valence-corrected chi connectivity index (χ3v) is 3.25. The minimum atomic E-state index is -0.820. The molecule has 3 nitrogen and oxygen atoms in total. The zero-order chi connectivity index (χ0) is 13.8. The van der Waals surface area contributed by atoms with E-state index >= 15 is 0 Å². The molecule has 1 N–H and O–H groups in total. The van der Waals surface area contributed by atoms with Crippen molar-refractivity contribution in [3.8, 4) is 0 Å². The summed E-state index contributed by atoms with van der Waals surface area (Å²) in [4.78, 5) is 12.8. The van der Waals surface area contributed by atoms with E-state index in [1.165, 1.54) is 12.1 Å². The van der Waals surface area contributed by atoms with E-state index in [0.717, 1.165) is 19.0 Å². The van der Waals surface area contributed by atoms with Crippen molar-refractivity contribution < 1.29 is 18.7 Å². The Morgan fingerprint density at radius 2 is 2.26 bits per heavy atom. The van der Waals surface area contributed by atoms with Gasteiger partial charge < -0.3 is 5.11 Å². The van der Waals surface area contributed by atoms with Crippen molar-refractivity contribution in [2.45, 2.75) is 18.9 Å². The second-order valence-electron chi connectivity index (χ2n) is 4.56. The van der Waals surface area contributed by atoms with Crippen LogP contribution in [0.2, 0.25) is 0 Å². The zero-order valence-corrected chi connectivity index (χ0v) is 10.4. The van der Waals surface area contributed by atoms with Gasteiger partial charge in [-0.2, -0.15) is 0 Å². The summed E-state index contributed by atoms with van der Waals surface area (Å²) < 4.78 is 26.1. The second kappa shape index (κ2) is 5.93. The largest absolute Gasteiger partial charge is 0.480 e. The first kappa shape index (κ1) is 13.7. The number of benzene rings is 1. The SMILES string of the molecule is O=C(O)[C@H]1CCCN1C/C=C/c1ccc(F)cc1F. The molecular formula is C14H15F2NO2. The molecule has 1 atom stereocenters. The van der Waals surface area contributed by atoms with Crippen LogP contribution in [0.25, 0.3) is 6.08 Å². The molecule has 2 rings (SSSR count). The number of hydrogen-bond donors (Lipinski definition) is 1. The topological polar surface area (TPSA) is 40.5 Å². The fourth-order valence-corrected chi connectivity index (χ4v) is 2.28. The van der Waals surface area contributed by atoms with Gasteiger partial charge in [-0.05, 0) is 31.5 Å². The van der Waals surface area contributed by atoms with E-state index < -0.39 is 23.6 Å². The lowest BCUT2D eigenvalue weighted by Gasteiger charge is -2.18. The van der Waals surface area contributed by atoms with Gasteiger partial charge in [-0.25, -0.2) is 8.78 Å². The number of rotatable bonds is 4. The molecule has 1 aliphatic rings. The van der Waals surface area contributed by atoms with Gasteiger partial charge in [-0.1, -0.05) is 12.2 Å². The van der Waals surface area contributed by atoms with Crippen LogP contribution >= 0.6 is 0 Å². The molecule has 0 radical (unpaired) electrons. The fourth-order valence-electron chi connectivity index (χ4n) is 2.28. The molecule has 1 heterocycles. The van der Waals surface area contributed by atoms with Crippen LogP contribution in [0.4, 0.5) is 8.78 Å². The standard InChI is InChI=1S/C14H15F2NO2/c15-11-6-5-10(12(16)9-11)3-1-7-17-8-2-4-13(17)14(18)19/h1,3,5-6,9,13H,2,4,7-8H2,(H,18,19)/b3-1+/t13-/m1/s1. The van der Waals surface area contributed by atoms with Crippen molar-refractivity contribution in [1.29, 1.82) is 0 Å². The normalized spacial score (nSPS) is 20.2. The monoisotopic (exact) mass is 267 g/mol. The molecule has 1 aliphatic heterocycles. The number of carboxylic acids is 1. The van der Waals surface area contributed by atoms with Gasteiger partial charge in [0, 0.05) is 18.2 Å². The Morgan fingerprint density at radius 3 is 2.95 bits per heavy atom. The van der Waals surface area contributed by atoms with Gasteiger partial charge in [0.2, 0.25) is 0 Å². The molecular weight excluding hydrogens is 252 g/mol. The highest BCUT2D eigenvalue weighted by Crippen LogP contribution is 2.17. The van der Waals surface area contributed by atoms with Crippen LogP contribution < -0.4 is 0 Å². The summed E-state index contributed by atoms with van der Waals surface area (Å²) in [6, 6.07) is 2.93. The molecule has 102 valence electrons. The lowest BCUT2D eigenvalue weighted by atomic mass is 10.2. The first-order valence-corrected chi connectivity index (χ1v) is 6.16. The molecule has 0 saturated carbocycles. The van der Waals surface area contributed by atoms with Gasteiger partial charge in [0.25, 0.3) is 0 Å². The van der Waals surface area contributed by atoms with E-state index in [0.29, 0.717) is 18.5 Å². The Kier molecular flexibility index (Phi) is 4.27. The Morgan fingerprint density at radius 1 is 1.47 bits per heavy atom. The average molecular weight is 267 g/mol. The summed E-state index contributed by atoms with van der Waals surface area (Å²) in [5, 5.41) is 9.01. The van der Waals surface area contributed by atoms with Crippen LogP contribution in [0, 0.1) is 11.6 Å². The molecule has 1 saturated heterocycles. The summed E-state index contributed by atoms with van der Waals surface area (Å²) in [5.41, 5.74) is 0.299. The number of aliphatic carboxylic acids is 1. The molecule has 0 spiro atoms. The summed E-state index contributed by atoms with van der Waals surface area (Å²) in [6.07, 6.45) is 4.76. The smallest absolute Gasteiger partial charge is 0.320 e. The van der Waals surface area contributed by atoms with Crippen LogP contribution in [-0.2, 0) is 4.79 Å². The van der Waals surface area contributed by atoms with E-state index in [1.807, 2.05) is 4.90 Å². The van der Waals surface area contributed by atoms with E-state index in [4.69, 9.17) is 5.11 Å². The number of carbonyl (C=O) groups is 1. The highest BCUT2D eigenvalue weighted by Gasteiger charge is 2.29. The zero-order valence-electron chi connectivity index (χ0n) is 10.4. The van der Waals surface area contributed by atoms with Crippen molar-refractivity contribution in [3.05, 3.63) is 41.5 Å². The first-order chi connectivity index (χ1) is 9.08. The van der Waals surface area contributed by atoms with Crippen LogP contribution in [0.5, 0.6) is 0 Å². The van der Waals surface area contributed by atoms with Gasteiger partial charge in [-0.15, -0.1) is 0 Å². The van der Waals surface area contributed by atoms with Crippen LogP contribution in [0.15, 0.2) is 24.3 Å². The third-order valence-electron chi connectivity index (χ3n) is 3.25. The maximum atomic E-state index is 13.4. The van der Waals surface area contributed by atoms with Crippen molar-refractivity contribution in [1.82, 2.24) is 4.90 Å².